The molecule has 82 valence electrons. The molecule has 0 atom stereocenters. The van der Waals surface area contributed by atoms with Gasteiger partial charge >= 0.3 is 0 Å². The summed E-state index contributed by atoms with van der Waals surface area (Å²) in [6.45, 7) is 0. The molecule has 1 aromatic carbocycles. The summed E-state index contributed by atoms with van der Waals surface area (Å²) >= 11 is 5.47. The van der Waals surface area contributed by atoms with Crippen molar-refractivity contribution in [2.24, 2.45) is 0 Å². The van der Waals surface area contributed by atoms with E-state index in [9.17, 15) is 8.42 Å². The summed E-state index contributed by atoms with van der Waals surface area (Å²) in [6, 6.07) is 5.44. The van der Waals surface area contributed by atoms with E-state index < -0.39 is 9.84 Å². The summed E-state index contributed by atoms with van der Waals surface area (Å²) in [5, 5.41) is 0. The van der Waals surface area contributed by atoms with Gasteiger partial charge in [-0.1, -0.05) is 6.07 Å². The zero-order valence-corrected chi connectivity index (χ0v) is 9.94. The Morgan fingerprint density at radius 3 is 2.67 bits per heavy atom. The minimum absolute atomic E-state index is 0.0212. The summed E-state index contributed by atoms with van der Waals surface area (Å²) in [5.74, 6) is 0.173. The van der Waals surface area contributed by atoms with E-state index in [1.54, 1.807) is 6.07 Å². The fraction of sp³-hybridized carbons (Fsp3) is 0.455. The van der Waals surface area contributed by atoms with Gasteiger partial charge in [0.2, 0.25) is 0 Å². The Kier molecular flexibility index (Phi) is 3.03. The first-order chi connectivity index (χ1) is 7.13. The predicted octanol–water partition coefficient (Wildman–Crippen LogP) is 2.19. The minimum atomic E-state index is -3.16. The number of benzene rings is 1. The van der Waals surface area contributed by atoms with Crippen LogP contribution in [-0.4, -0.2) is 20.1 Å². The van der Waals surface area contributed by atoms with Gasteiger partial charge in [-0.05, 0) is 42.5 Å². The molecule has 0 bridgehead atoms. The Hall–Kier alpha value is -0.540. The van der Waals surface area contributed by atoms with Crippen LogP contribution in [0.15, 0.2) is 23.1 Å². The van der Waals surface area contributed by atoms with Crippen molar-refractivity contribution < 1.29 is 8.42 Å². The molecule has 0 radical (unpaired) electrons. The summed E-state index contributed by atoms with van der Waals surface area (Å²) in [5.41, 5.74) is 2.48. The van der Waals surface area contributed by atoms with Crippen molar-refractivity contribution in [3.05, 3.63) is 29.3 Å². The maximum Gasteiger partial charge on any atom is 0.179 e. The van der Waals surface area contributed by atoms with E-state index in [2.05, 4.69) is 0 Å². The van der Waals surface area contributed by atoms with Gasteiger partial charge in [0.1, 0.15) is 0 Å². The fourth-order valence-electron chi connectivity index (χ4n) is 1.96. The smallest absolute Gasteiger partial charge is 0.179 e. The Morgan fingerprint density at radius 2 is 1.93 bits per heavy atom. The highest BCUT2D eigenvalue weighted by atomic mass is 35.5. The van der Waals surface area contributed by atoms with Gasteiger partial charge in [-0.2, -0.15) is 0 Å². The maximum absolute atomic E-state index is 11.7. The van der Waals surface area contributed by atoms with Crippen molar-refractivity contribution in [1.82, 2.24) is 0 Å². The van der Waals surface area contributed by atoms with Crippen LogP contribution >= 0.6 is 11.6 Å². The molecular weight excluding hydrogens is 232 g/mol. The first-order valence-corrected chi connectivity index (χ1v) is 7.23. The Labute approximate surface area is 95.2 Å². The number of fused-ring (bicyclic) bond motifs is 1. The van der Waals surface area contributed by atoms with Gasteiger partial charge in [0.25, 0.3) is 0 Å². The lowest BCUT2D eigenvalue weighted by Crippen LogP contribution is -2.08. The van der Waals surface area contributed by atoms with Crippen LogP contribution in [0.2, 0.25) is 0 Å². The normalized spacial score (nSPS) is 15.3. The molecule has 1 aliphatic carbocycles. The topological polar surface area (TPSA) is 34.1 Å². The highest BCUT2D eigenvalue weighted by molar-refractivity contribution is 7.91. The Bertz CT molecular complexity index is 465. The lowest BCUT2D eigenvalue weighted by Gasteiger charge is -2.05. The zero-order chi connectivity index (χ0) is 10.9. The molecule has 4 heteroatoms. The maximum atomic E-state index is 11.7. The lowest BCUT2D eigenvalue weighted by molar-refractivity contribution is 0.597. The van der Waals surface area contributed by atoms with Crippen LogP contribution < -0.4 is 0 Å². The zero-order valence-electron chi connectivity index (χ0n) is 8.37. The number of halogens is 1. The average Bonchev–Trinajstić information content (AvgIpc) is 2.63. The second-order valence-electron chi connectivity index (χ2n) is 3.79. The molecule has 0 fully saturated rings. The summed E-state index contributed by atoms with van der Waals surface area (Å²) in [4.78, 5) is 0.420. The molecule has 1 aromatic rings. The molecule has 0 unspecified atom stereocenters. The van der Waals surface area contributed by atoms with E-state index in [-0.39, 0.29) is 11.6 Å². The Morgan fingerprint density at radius 1 is 1.20 bits per heavy atom. The van der Waals surface area contributed by atoms with E-state index in [4.69, 9.17) is 11.6 Å². The molecule has 2 nitrogen and oxygen atoms in total. The van der Waals surface area contributed by atoms with Crippen LogP contribution in [0.4, 0.5) is 0 Å². The van der Waals surface area contributed by atoms with E-state index in [0.29, 0.717) is 4.90 Å². The first-order valence-electron chi connectivity index (χ1n) is 5.04. The fourth-order valence-corrected chi connectivity index (χ4v) is 3.61. The van der Waals surface area contributed by atoms with Gasteiger partial charge in [0, 0.05) is 5.88 Å². The molecule has 0 aromatic heterocycles. The van der Waals surface area contributed by atoms with Crippen molar-refractivity contribution in [1.29, 1.82) is 0 Å². The number of hydrogen-bond donors (Lipinski definition) is 0. The van der Waals surface area contributed by atoms with Crippen LogP contribution in [-0.2, 0) is 22.7 Å². The molecule has 0 N–H and O–H groups in total. The van der Waals surface area contributed by atoms with Gasteiger partial charge in [0.05, 0.1) is 10.6 Å². The van der Waals surface area contributed by atoms with Crippen LogP contribution in [0, 0.1) is 0 Å². The highest BCUT2D eigenvalue weighted by Crippen LogP contribution is 2.25. The van der Waals surface area contributed by atoms with Crippen LogP contribution in [0.3, 0.4) is 0 Å². The predicted molar refractivity (Wildman–Crippen MR) is 61.2 cm³/mol. The third kappa shape index (κ3) is 2.18. The summed E-state index contributed by atoms with van der Waals surface area (Å²) in [6.07, 6.45) is 3.21. The number of alkyl halides is 1. The number of aryl methyl sites for hydroxylation is 2. The van der Waals surface area contributed by atoms with Gasteiger partial charge in [-0.15, -0.1) is 11.6 Å². The van der Waals surface area contributed by atoms with Crippen molar-refractivity contribution in [2.75, 3.05) is 11.6 Å². The van der Waals surface area contributed by atoms with Gasteiger partial charge in [-0.3, -0.25) is 0 Å². The summed E-state index contributed by atoms with van der Waals surface area (Å²) in [7, 11) is -3.16. The molecule has 0 heterocycles. The van der Waals surface area contributed by atoms with Crippen molar-refractivity contribution in [3.8, 4) is 0 Å². The Balaban J connectivity index is 2.38. The van der Waals surface area contributed by atoms with Gasteiger partial charge in [-0.25, -0.2) is 8.42 Å². The van der Waals surface area contributed by atoms with Gasteiger partial charge < -0.3 is 0 Å². The molecule has 0 saturated carbocycles. The van der Waals surface area contributed by atoms with Crippen LogP contribution in [0.1, 0.15) is 17.5 Å². The van der Waals surface area contributed by atoms with Crippen molar-refractivity contribution in [2.45, 2.75) is 24.2 Å². The lowest BCUT2D eigenvalue weighted by atomic mass is 10.1. The standard InChI is InChI=1S/C11H13ClO2S/c12-6-7-15(13,14)11-5-4-9-2-1-3-10(9)8-11/h4-5,8H,1-3,6-7H2. The van der Waals surface area contributed by atoms with Crippen LogP contribution in [0.25, 0.3) is 0 Å². The molecule has 0 saturated heterocycles. The van der Waals surface area contributed by atoms with E-state index in [0.717, 1.165) is 19.3 Å². The molecule has 15 heavy (non-hydrogen) atoms. The minimum Gasteiger partial charge on any atom is -0.224 e. The van der Waals surface area contributed by atoms with E-state index >= 15 is 0 Å². The second-order valence-corrected chi connectivity index (χ2v) is 6.28. The van der Waals surface area contributed by atoms with Gasteiger partial charge in [0.15, 0.2) is 9.84 Å². The molecule has 2 rings (SSSR count). The largest absolute Gasteiger partial charge is 0.224 e. The second kappa shape index (κ2) is 4.14. The third-order valence-electron chi connectivity index (χ3n) is 2.77. The number of hydrogen-bond acceptors (Lipinski definition) is 2. The average molecular weight is 245 g/mol. The van der Waals surface area contributed by atoms with E-state index in [1.807, 2.05) is 12.1 Å². The third-order valence-corrected chi connectivity index (χ3v) is 4.90. The van der Waals surface area contributed by atoms with Crippen molar-refractivity contribution >= 4 is 21.4 Å². The van der Waals surface area contributed by atoms with Crippen LogP contribution in [0.5, 0.6) is 0 Å². The van der Waals surface area contributed by atoms with Crippen molar-refractivity contribution in [3.63, 3.8) is 0 Å². The summed E-state index contributed by atoms with van der Waals surface area (Å²) < 4.78 is 23.5. The number of rotatable bonds is 3. The molecular formula is C11H13ClO2S. The molecule has 0 aliphatic heterocycles. The molecule has 1 aliphatic rings. The quantitative estimate of drug-likeness (QED) is 0.764. The van der Waals surface area contributed by atoms with E-state index in [1.165, 1.54) is 11.1 Å². The molecule has 0 spiro atoms. The first kappa shape index (κ1) is 11.0. The number of sulfone groups is 1. The SMILES string of the molecule is O=S(=O)(CCCl)c1ccc2c(c1)CCC2. The monoisotopic (exact) mass is 244 g/mol. The highest BCUT2D eigenvalue weighted by Gasteiger charge is 2.17. The molecule has 0 amide bonds.